The number of nitrogens with zero attached hydrogens (tertiary/aromatic N) is 2. The number of β-amino-alcohol motifs (C(OH)–C–C–N with tert-alkyl or cyclic N) is 1. The van der Waals surface area contributed by atoms with Crippen LogP contribution in [0.1, 0.15) is 38.4 Å². The Morgan fingerprint density at radius 2 is 1.74 bits per heavy atom. The Labute approximate surface area is 265 Å². The van der Waals surface area contributed by atoms with Crippen LogP contribution in [0, 0.1) is 12.3 Å². The van der Waals surface area contributed by atoms with Crippen LogP contribution in [-0.2, 0) is 35.1 Å². The lowest BCUT2D eigenvalue weighted by atomic mass is 9.85. The number of likely N-dealkylation sites (tertiary alicyclic amines) is 1. The molecule has 3 amide bonds. The van der Waals surface area contributed by atoms with Gasteiger partial charge in [-0.1, -0.05) is 61.0 Å². The molecule has 11 nitrogen and oxygen atoms in total. The van der Waals surface area contributed by atoms with Crippen LogP contribution in [0.25, 0.3) is 10.4 Å². The lowest BCUT2D eigenvalue weighted by Gasteiger charge is -2.35. The van der Waals surface area contributed by atoms with Gasteiger partial charge in [0.1, 0.15) is 18.7 Å². The van der Waals surface area contributed by atoms with E-state index in [0.29, 0.717) is 26.4 Å². The molecular formula is C30H43BrN4O7S. The fourth-order valence-electron chi connectivity index (χ4n) is 4.64. The number of aliphatic hydroxyl groups excluding tert-OH is 1. The molecule has 2 aromatic rings. The van der Waals surface area contributed by atoms with Gasteiger partial charge in [0.05, 0.1) is 55.2 Å². The lowest BCUT2D eigenvalue weighted by molar-refractivity contribution is -0.144. The molecule has 3 N–H and O–H groups in total. The molecule has 0 bridgehead atoms. The van der Waals surface area contributed by atoms with Crippen molar-refractivity contribution in [3.8, 4) is 10.4 Å². The van der Waals surface area contributed by atoms with Crippen LogP contribution in [-0.4, -0.2) is 102 Å². The third kappa shape index (κ3) is 10.9. The van der Waals surface area contributed by atoms with Crippen molar-refractivity contribution in [2.24, 2.45) is 5.41 Å². The first-order chi connectivity index (χ1) is 20.5. The molecular weight excluding hydrogens is 640 g/mol. The van der Waals surface area contributed by atoms with E-state index in [0.717, 1.165) is 27.0 Å². The molecule has 43 heavy (non-hydrogen) atoms. The Hall–Kier alpha value is -2.42. The quantitative estimate of drug-likeness (QED) is 0.182. The van der Waals surface area contributed by atoms with Gasteiger partial charge in [0.2, 0.25) is 17.7 Å². The second-order valence-corrected chi connectivity index (χ2v) is 13.1. The second-order valence-electron chi connectivity index (χ2n) is 11.4. The number of alkyl halides is 1. The van der Waals surface area contributed by atoms with E-state index in [-0.39, 0.29) is 38.6 Å². The number of aryl methyl sites for hydroxylation is 1. The van der Waals surface area contributed by atoms with Gasteiger partial charge < -0.3 is 34.9 Å². The van der Waals surface area contributed by atoms with Gasteiger partial charge in [-0.3, -0.25) is 14.4 Å². The van der Waals surface area contributed by atoms with Crippen LogP contribution in [0.4, 0.5) is 0 Å². The number of nitrogens with one attached hydrogen (secondary N) is 2. The highest BCUT2D eigenvalue weighted by molar-refractivity contribution is 9.09. The third-order valence-corrected chi connectivity index (χ3v) is 8.21. The summed E-state index contributed by atoms with van der Waals surface area (Å²) in [5.74, 6) is -1.23. The van der Waals surface area contributed by atoms with Crippen molar-refractivity contribution in [1.82, 2.24) is 20.5 Å². The minimum atomic E-state index is -0.922. The molecule has 3 atom stereocenters. The Bertz CT molecular complexity index is 1190. The average molecular weight is 684 g/mol. The highest BCUT2D eigenvalue weighted by atomic mass is 79.9. The van der Waals surface area contributed by atoms with Crippen LogP contribution in [0.15, 0.2) is 29.8 Å². The molecule has 1 aliphatic rings. The maximum Gasteiger partial charge on any atom is 0.246 e. The maximum absolute atomic E-state index is 13.7. The summed E-state index contributed by atoms with van der Waals surface area (Å²) in [7, 11) is 0. The van der Waals surface area contributed by atoms with Crippen molar-refractivity contribution in [2.75, 3.05) is 51.5 Å². The number of carbonyl (C=O) groups excluding carboxylic acids is 3. The summed E-state index contributed by atoms with van der Waals surface area (Å²) in [4.78, 5) is 46.4. The number of thiazole rings is 1. The summed E-state index contributed by atoms with van der Waals surface area (Å²) in [5, 5.41) is 16.8. The van der Waals surface area contributed by atoms with Gasteiger partial charge in [0.15, 0.2) is 0 Å². The van der Waals surface area contributed by atoms with Crippen molar-refractivity contribution in [3.05, 3.63) is 41.0 Å². The standard InChI is InChI=1S/C30H43BrN4O7S/c1-20-26(43-19-33-20)22-7-5-21(6-8-22)16-32-28(38)24-15-23(36)17-35(24)29(39)27(30(2,3)4)34-25(37)18-42-14-13-41-12-11-40-10-9-31/h5-8,19,23-24,27,36H,9-18H2,1-4H3,(H,32,38)(H,34,37)/t23-,24+,27-/m1/s1. The summed E-state index contributed by atoms with van der Waals surface area (Å²) in [6.07, 6.45) is -0.720. The van der Waals surface area contributed by atoms with E-state index < -0.39 is 35.4 Å². The van der Waals surface area contributed by atoms with Gasteiger partial charge in [-0.2, -0.15) is 0 Å². The fraction of sp³-hybridized carbons (Fsp3) is 0.600. The zero-order valence-electron chi connectivity index (χ0n) is 25.3. The molecule has 0 spiro atoms. The number of benzene rings is 1. The first kappa shape index (κ1) is 35.1. The van der Waals surface area contributed by atoms with Crippen molar-refractivity contribution in [3.63, 3.8) is 0 Å². The average Bonchev–Trinajstić information content (AvgIpc) is 3.58. The van der Waals surface area contributed by atoms with Crippen LogP contribution < -0.4 is 10.6 Å². The predicted octanol–water partition coefficient (Wildman–Crippen LogP) is 2.67. The van der Waals surface area contributed by atoms with E-state index >= 15 is 0 Å². The molecule has 1 aliphatic heterocycles. The van der Waals surface area contributed by atoms with Gasteiger partial charge in [0.25, 0.3) is 0 Å². The smallest absolute Gasteiger partial charge is 0.246 e. The third-order valence-electron chi connectivity index (χ3n) is 6.91. The topological polar surface area (TPSA) is 139 Å². The summed E-state index contributed by atoms with van der Waals surface area (Å²) >= 11 is 4.86. The molecule has 1 aromatic heterocycles. The molecule has 13 heteroatoms. The molecule has 0 radical (unpaired) electrons. The number of halogens is 1. The number of aromatic nitrogens is 1. The van der Waals surface area contributed by atoms with Gasteiger partial charge in [-0.15, -0.1) is 11.3 Å². The number of carbonyl (C=O) groups is 3. The summed E-state index contributed by atoms with van der Waals surface area (Å²) in [6.45, 7) is 9.56. The molecule has 1 saturated heterocycles. The minimum Gasteiger partial charge on any atom is -0.391 e. The zero-order chi connectivity index (χ0) is 31.4. The highest BCUT2D eigenvalue weighted by Gasteiger charge is 2.44. The molecule has 2 heterocycles. The molecule has 0 unspecified atom stereocenters. The second kappa shape index (κ2) is 17.2. The zero-order valence-corrected chi connectivity index (χ0v) is 27.7. The maximum atomic E-state index is 13.7. The largest absolute Gasteiger partial charge is 0.391 e. The van der Waals surface area contributed by atoms with E-state index in [9.17, 15) is 19.5 Å². The molecule has 1 fully saturated rings. The Morgan fingerprint density at radius 1 is 1.09 bits per heavy atom. The van der Waals surface area contributed by atoms with Gasteiger partial charge in [-0.05, 0) is 23.5 Å². The Kier molecular flexibility index (Phi) is 14.0. The van der Waals surface area contributed by atoms with E-state index in [4.69, 9.17) is 14.2 Å². The monoisotopic (exact) mass is 682 g/mol. The molecule has 0 saturated carbocycles. The molecule has 238 valence electrons. The minimum absolute atomic E-state index is 0.00939. The van der Waals surface area contributed by atoms with E-state index in [1.807, 2.05) is 57.5 Å². The number of rotatable bonds is 16. The van der Waals surface area contributed by atoms with Gasteiger partial charge >= 0.3 is 0 Å². The summed E-state index contributed by atoms with van der Waals surface area (Å²) in [5.41, 5.74) is 4.10. The lowest BCUT2D eigenvalue weighted by Crippen LogP contribution is -2.58. The van der Waals surface area contributed by atoms with Gasteiger partial charge in [-0.25, -0.2) is 4.98 Å². The highest BCUT2D eigenvalue weighted by Crippen LogP contribution is 2.28. The van der Waals surface area contributed by atoms with Crippen LogP contribution in [0.2, 0.25) is 0 Å². The number of hydrogen-bond donors (Lipinski definition) is 3. The number of amides is 3. The van der Waals surface area contributed by atoms with E-state index in [2.05, 4.69) is 31.5 Å². The Balaban J connectivity index is 1.52. The van der Waals surface area contributed by atoms with Crippen molar-refractivity contribution in [1.29, 1.82) is 0 Å². The van der Waals surface area contributed by atoms with Crippen molar-refractivity contribution < 1.29 is 33.7 Å². The van der Waals surface area contributed by atoms with Crippen LogP contribution in [0.5, 0.6) is 0 Å². The van der Waals surface area contributed by atoms with Crippen LogP contribution in [0.3, 0.4) is 0 Å². The normalized spacial score (nSPS) is 17.6. The fourth-order valence-corrected chi connectivity index (χ4v) is 5.68. The SMILES string of the molecule is Cc1ncsc1-c1ccc(CNC(=O)[C@@H]2C[C@@H](O)CN2C(=O)[C@@H](NC(=O)COCCOCCOCCBr)C(C)(C)C)cc1. The van der Waals surface area contributed by atoms with Crippen molar-refractivity contribution >= 4 is 45.0 Å². The molecule has 0 aliphatic carbocycles. The van der Waals surface area contributed by atoms with Crippen molar-refractivity contribution in [2.45, 2.75) is 58.8 Å². The number of ether oxygens (including phenoxy) is 3. The number of aliphatic hydroxyl groups is 1. The van der Waals surface area contributed by atoms with Gasteiger partial charge in [0, 0.05) is 24.8 Å². The predicted molar refractivity (Wildman–Crippen MR) is 168 cm³/mol. The first-order valence-corrected chi connectivity index (χ1v) is 16.4. The van der Waals surface area contributed by atoms with E-state index in [1.54, 1.807) is 11.3 Å². The molecule has 1 aromatic carbocycles. The number of hydrogen-bond acceptors (Lipinski definition) is 9. The first-order valence-electron chi connectivity index (χ1n) is 14.4. The molecule has 3 rings (SSSR count). The van der Waals surface area contributed by atoms with Crippen LogP contribution >= 0.6 is 27.3 Å². The Morgan fingerprint density at radius 3 is 2.35 bits per heavy atom. The van der Waals surface area contributed by atoms with E-state index in [1.165, 1.54) is 4.90 Å². The summed E-state index contributed by atoms with van der Waals surface area (Å²) in [6, 6.07) is 6.10. The summed E-state index contributed by atoms with van der Waals surface area (Å²) < 4.78 is 16.1.